The van der Waals surface area contributed by atoms with E-state index in [2.05, 4.69) is 24.1 Å². The molecule has 0 heterocycles. The van der Waals surface area contributed by atoms with Gasteiger partial charge >= 0.3 is 6.09 Å². The quantitative estimate of drug-likeness (QED) is 0.802. The van der Waals surface area contributed by atoms with E-state index in [9.17, 15) is 4.79 Å². The molecule has 1 rings (SSSR count). The van der Waals surface area contributed by atoms with Crippen LogP contribution in [0.2, 0.25) is 0 Å². The number of nitrogens with zero attached hydrogens (tertiary/aromatic N) is 1. The van der Waals surface area contributed by atoms with Crippen LogP contribution in [0.4, 0.5) is 4.79 Å². The van der Waals surface area contributed by atoms with Crippen molar-refractivity contribution in [3.8, 4) is 0 Å². The minimum atomic E-state index is -0.330. The molecule has 0 bridgehead atoms. The van der Waals surface area contributed by atoms with Crippen molar-refractivity contribution in [3.05, 3.63) is 35.9 Å². The van der Waals surface area contributed by atoms with Crippen molar-refractivity contribution >= 4 is 18.5 Å². The lowest BCUT2D eigenvalue weighted by Crippen LogP contribution is -2.31. The highest BCUT2D eigenvalue weighted by molar-refractivity contribution is 5.85. The van der Waals surface area contributed by atoms with Gasteiger partial charge in [-0.15, -0.1) is 12.4 Å². The highest BCUT2D eigenvalue weighted by atomic mass is 35.5. The van der Waals surface area contributed by atoms with Gasteiger partial charge in [-0.25, -0.2) is 4.79 Å². The molecule has 1 N–H and O–H groups in total. The van der Waals surface area contributed by atoms with Crippen molar-refractivity contribution < 1.29 is 9.53 Å². The Hall–Kier alpha value is -1.26. The van der Waals surface area contributed by atoms with Gasteiger partial charge in [0.05, 0.1) is 0 Å². The molecule has 20 heavy (non-hydrogen) atoms. The van der Waals surface area contributed by atoms with Gasteiger partial charge in [-0.2, -0.15) is 0 Å². The van der Waals surface area contributed by atoms with E-state index < -0.39 is 0 Å². The monoisotopic (exact) mass is 300 g/mol. The van der Waals surface area contributed by atoms with E-state index in [1.54, 1.807) is 0 Å². The Labute approximate surface area is 127 Å². The Bertz CT molecular complexity index is 356. The summed E-state index contributed by atoms with van der Waals surface area (Å²) in [5, 5.41) is 2.76. The maximum Gasteiger partial charge on any atom is 0.407 e. The zero-order valence-corrected chi connectivity index (χ0v) is 13.1. The first-order chi connectivity index (χ1) is 9.26. The number of likely N-dealkylation sites (N-methyl/N-ethyl adjacent to an activating group) is 1. The third-order valence-electron chi connectivity index (χ3n) is 3.06. The summed E-state index contributed by atoms with van der Waals surface area (Å²) < 4.78 is 5.12. The van der Waals surface area contributed by atoms with Gasteiger partial charge in [-0.05, 0) is 25.1 Å². The first-order valence-corrected chi connectivity index (χ1v) is 6.93. The van der Waals surface area contributed by atoms with Crippen molar-refractivity contribution in [1.29, 1.82) is 0 Å². The van der Waals surface area contributed by atoms with E-state index in [0.29, 0.717) is 13.2 Å². The molecule has 1 aromatic rings. The van der Waals surface area contributed by atoms with Crippen molar-refractivity contribution in [3.63, 3.8) is 0 Å². The number of carbonyl (C=O) groups is 1. The average Bonchev–Trinajstić information content (AvgIpc) is 2.45. The van der Waals surface area contributed by atoms with Crippen LogP contribution >= 0.6 is 12.4 Å². The smallest absolute Gasteiger partial charge is 0.407 e. The number of carbonyl (C=O) groups excluding carboxylic acids is 1. The minimum Gasteiger partial charge on any atom is -0.448 e. The highest BCUT2D eigenvalue weighted by Crippen LogP contribution is 1.98. The Kier molecular flexibility index (Phi) is 10.8. The second kappa shape index (κ2) is 11.6. The molecule has 0 unspecified atom stereocenters. The van der Waals surface area contributed by atoms with Gasteiger partial charge in [0, 0.05) is 13.1 Å². The van der Waals surface area contributed by atoms with Crippen LogP contribution < -0.4 is 5.32 Å². The third-order valence-corrected chi connectivity index (χ3v) is 3.06. The summed E-state index contributed by atoms with van der Waals surface area (Å²) in [5.41, 5.74) is 1.21. The summed E-state index contributed by atoms with van der Waals surface area (Å²) in [6.07, 6.45) is 0.495. The molecule has 4 nitrogen and oxygen atoms in total. The zero-order valence-electron chi connectivity index (χ0n) is 12.3. The van der Waals surface area contributed by atoms with Crippen LogP contribution in [-0.2, 0) is 11.2 Å². The second-order valence-corrected chi connectivity index (χ2v) is 4.33. The lowest BCUT2D eigenvalue weighted by atomic mass is 10.1. The number of halogens is 1. The van der Waals surface area contributed by atoms with E-state index in [4.69, 9.17) is 4.74 Å². The molecule has 0 aliphatic carbocycles. The lowest BCUT2D eigenvalue weighted by Gasteiger charge is -2.17. The molecule has 5 heteroatoms. The normalized spacial score (nSPS) is 9.95. The minimum absolute atomic E-state index is 0. The summed E-state index contributed by atoms with van der Waals surface area (Å²) in [6.45, 7) is 8.00. The first kappa shape index (κ1) is 18.7. The van der Waals surface area contributed by atoms with Gasteiger partial charge in [0.15, 0.2) is 0 Å². The number of benzene rings is 1. The molecule has 0 aromatic heterocycles. The van der Waals surface area contributed by atoms with Gasteiger partial charge in [0.25, 0.3) is 0 Å². The molecule has 0 fully saturated rings. The van der Waals surface area contributed by atoms with Gasteiger partial charge in [-0.3, -0.25) is 0 Å². The lowest BCUT2D eigenvalue weighted by molar-refractivity contribution is 0.129. The number of hydrogen-bond donors (Lipinski definition) is 1. The molecular formula is C15H25ClN2O2. The number of nitrogens with one attached hydrogen (secondary N) is 1. The summed E-state index contributed by atoms with van der Waals surface area (Å²) in [4.78, 5) is 13.7. The summed E-state index contributed by atoms with van der Waals surface area (Å²) >= 11 is 0. The number of ether oxygens (including phenoxy) is 1. The van der Waals surface area contributed by atoms with E-state index in [1.807, 2.05) is 30.3 Å². The number of rotatable bonds is 8. The largest absolute Gasteiger partial charge is 0.448 e. The highest BCUT2D eigenvalue weighted by Gasteiger charge is 2.03. The molecule has 0 aliphatic rings. The van der Waals surface area contributed by atoms with E-state index in [0.717, 1.165) is 26.1 Å². The van der Waals surface area contributed by atoms with Gasteiger partial charge in [-0.1, -0.05) is 44.2 Å². The van der Waals surface area contributed by atoms with E-state index >= 15 is 0 Å². The van der Waals surface area contributed by atoms with Crippen LogP contribution in [0.1, 0.15) is 19.4 Å². The molecule has 0 saturated heterocycles. The van der Waals surface area contributed by atoms with Crippen LogP contribution in [0.3, 0.4) is 0 Å². The molecule has 0 radical (unpaired) electrons. The number of amides is 1. The van der Waals surface area contributed by atoms with Crippen LogP contribution in [0.25, 0.3) is 0 Å². The van der Waals surface area contributed by atoms with Crippen molar-refractivity contribution in [2.75, 3.05) is 32.8 Å². The molecule has 0 aliphatic heterocycles. The van der Waals surface area contributed by atoms with Crippen LogP contribution in [0.15, 0.2) is 30.3 Å². The molecule has 1 aromatic carbocycles. The van der Waals surface area contributed by atoms with E-state index in [-0.39, 0.29) is 18.5 Å². The number of alkyl carbamates (subject to hydrolysis) is 1. The predicted octanol–water partition coefficient (Wildman–Crippen LogP) is 2.72. The summed E-state index contributed by atoms with van der Waals surface area (Å²) in [7, 11) is 0. The van der Waals surface area contributed by atoms with Crippen LogP contribution in [0.5, 0.6) is 0 Å². The summed E-state index contributed by atoms with van der Waals surface area (Å²) in [6, 6.07) is 10.1. The van der Waals surface area contributed by atoms with E-state index in [1.165, 1.54) is 5.56 Å². The summed E-state index contributed by atoms with van der Waals surface area (Å²) in [5.74, 6) is 0. The first-order valence-electron chi connectivity index (χ1n) is 6.93. The second-order valence-electron chi connectivity index (χ2n) is 4.33. The Balaban J connectivity index is 0.00000361. The maximum absolute atomic E-state index is 11.4. The predicted molar refractivity (Wildman–Crippen MR) is 84.5 cm³/mol. The van der Waals surface area contributed by atoms with Gasteiger partial charge in [0.2, 0.25) is 0 Å². The van der Waals surface area contributed by atoms with Crippen LogP contribution in [0, 0.1) is 0 Å². The molecule has 1 amide bonds. The van der Waals surface area contributed by atoms with Crippen molar-refractivity contribution in [2.24, 2.45) is 0 Å². The number of hydrogen-bond acceptors (Lipinski definition) is 3. The maximum atomic E-state index is 11.4. The average molecular weight is 301 g/mol. The molecule has 114 valence electrons. The molecule has 0 saturated carbocycles. The SMILES string of the molecule is CCN(CC)CCOC(=O)NCCc1ccccc1.Cl. The standard InChI is InChI=1S/C15H24N2O2.ClH/c1-3-17(4-2)12-13-19-15(18)16-11-10-14-8-6-5-7-9-14;/h5-9H,3-4,10-13H2,1-2H3,(H,16,18);1H. The van der Waals surface area contributed by atoms with Gasteiger partial charge in [0.1, 0.15) is 6.61 Å². The molecule has 0 atom stereocenters. The topological polar surface area (TPSA) is 41.6 Å². The molecule has 0 spiro atoms. The zero-order chi connectivity index (χ0) is 13.9. The van der Waals surface area contributed by atoms with Crippen LogP contribution in [-0.4, -0.2) is 43.8 Å². The third kappa shape index (κ3) is 8.02. The Morgan fingerprint density at radius 2 is 1.85 bits per heavy atom. The fourth-order valence-corrected chi connectivity index (χ4v) is 1.81. The van der Waals surface area contributed by atoms with Crippen molar-refractivity contribution in [2.45, 2.75) is 20.3 Å². The fourth-order valence-electron chi connectivity index (χ4n) is 1.81. The van der Waals surface area contributed by atoms with Gasteiger partial charge < -0.3 is 15.0 Å². The van der Waals surface area contributed by atoms with Crippen molar-refractivity contribution in [1.82, 2.24) is 10.2 Å². The fraction of sp³-hybridized carbons (Fsp3) is 0.533. The molecular weight excluding hydrogens is 276 g/mol. The Morgan fingerprint density at radius 3 is 2.45 bits per heavy atom. The Morgan fingerprint density at radius 1 is 1.20 bits per heavy atom.